The smallest absolute Gasteiger partial charge is 0.225 e. The van der Waals surface area contributed by atoms with Gasteiger partial charge in [0.05, 0.1) is 0 Å². The lowest BCUT2D eigenvalue weighted by molar-refractivity contribution is -0.136. The van der Waals surface area contributed by atoms with Crippen molar-refractivity contribution in [2.45, 2.75) is 51.1 Å². The Bertz CT molecular complexity index is 321. The Kier molecular flexibility index (Phi) is 4.85. The Morgan fingerprint density at radius 3 is 2.68 bits per heavy atom. The maximum atomic E-state index is 12.5. The van der Waals surface area contributed by atoms with Crippen LogP contribution in [0.3, 0.4) is 0 Å². The zero-order chi connectivity index (χ0) is 14.0. The van der Waals surface area contributed by atoms with Crippen molar-refractivity contribution in [2.24, 2.45) is 17.6 Å². The third-order valence-corrected chi connectivity index (χ3v) is 5.14. The summed E-state index contributed by atoms with van der Waals surface area (Å²) in [4.78, 5) is 16.8. The highest BCUT2D eigenvalue weighted by Crippen LogP contribution is 2.29. The first-order valence-corrected chi connectivity index (χ1v) is 7.69. The minimum absolute atomic E-state index is 0.155. The van der Waals surface area contributed by atoms with Gasteiger partial charge in [0.15, 0.2) is 0 Å². The number of hydrogen-bond acceptors (Lipinski definition) is 3. The van der Waals surface area contributed by atoms with E-state index in [0.717, 1.165) is 25.8 Å². The molecule has 110 valence electrons. The Labute approximate surface area is 117 Å². The molecular formula is C15H29N3O. The molecule has 1 saturated carbocycles. The first-order chi connectivity index (χ1) is 8.99. The molecule has 0 bridgehead atoms. The Balaban J connectivity index is 1.85. The summed E-state index contributed by atoms with van der Waals surface area (Å²) in [7, 11) is 4.12. The summed E-state index contributed by atoms with van der Waals surface area (Å²) < 4.78 is 0. The van der Waals surface area contributed by atoms with Crippen LogP contribution in [-0.4, -0.2) is 55.0 Å². The van der Waals surface area contributed by atoms with Crippen molar-refractivity contribution in [1.82, 2.24) is 9.80 Å². The molecule has 4 heteroatoms. The number of rotatable bonds is 3. The molecule has 1 aliphatic carbocycles. The lowest BCUT2D eigenvalue weighted by Gasteiger charge is -2.34. The molecule has 0 aromatic heterocycles. The Hall–Kier alpha value is -0.610. The third-order valence-electron chi connectivity index (χ3n) is 5.14. The van der Waals surface area contributed by atoms with Crippen molar-refractivity contribution in [3.8, 4) is 0 Å². The molecule has 1 heterocycles. The maximum absolute atomic E-state index is 12.5. The predicted molar refractivity (Wildman–Crippen MR) is 77.8 cm³/mol. The van der Waals surface area contributed by atoms with Gasteiger partial charge in [-0.1, -0.05) is 6.92 Å². The van der Waals surface area contributed by atoms with Gasteiger partial charge in [0.25, 0.3) is 0 Å². The minimum Gasteiger partial charge on any atom is -0.344 e. The predicted octanol–water partition coefficient (Wildman–Crippen LogP) is 1.30. The number of amides is 1. The molecule has 1 amide bonds. The molecule has 2 N–H and O–H groups in total. The zero-order valence-corrected chi connectivity index (χ0v) is 12.6. The van der Waals surface area contributed by atoms with Gasteiger partial charge < -0.3 is 15.5 Å². The van der Waals surface area contributed by atoms with Crippen molar-refractivity contribution in [2.75, 3.05) is 27.2 Å². The van der Waals surface area contributed by atoms with Gasteiger partial charge in [0.2, 0.25) is 5.91 Å². The van der Waals surface area contributed by atoms with Crippen molar-refractivity contribution in [1.29, 1.82) is 0 Å². The van der Waals surface area contributed by atoms with Gasteiger partial charge >= 0.3 is 0 Å². The van der Waals surface area contributed by atoms with E-state index >= 15 is 0 Å². The second kappa shape index (κ2) is 6.23. The van der Waals surface area contributed by atoms with Crippen molar-refractivity contribution in [3.63, 3.8) is 0 Å². The summed E-state index contributed by atoms with van der Waals surface area (Å²) in [5.41, 5.74) is 6.11. The van der Waals surface area contributed by atoms with E-state index in [2.05, 4.69) is 18.9 Å². The molecule has 0 radical (unpaired) electrons. The number of nitrogens with two attached hydrogens (primary N) is 1. The molecule has 1 aliphatic heterocycles. The number of carbonyl (C=O) groups is 1. The van der Waals surface area contributed by atoms with Crippen LogP contribution < -0.4 is 5.73 Å². The van der Waals surface area contributed by atoms with Gasteiger partial charge in [0.1, 0.15) is 0 Å². The Morgan fingerprint density at radius 2 is 2.11 bits per heavy atom. The highest BCUT2D eigenvalue weighted by Gasteiger charge is 2.32. The maximum Gasteiger partial charge on any atom is 0.225 e. The number of hydrogen-bond donors (Lipinski definition) is 1. The van der Waals surface area contributed by atoms with Crippen molar-refractivity contribution < 1.29 is 4.79 Å². The van der Waals surface area contributed by atoms with E-state index in [0.29, 0.717) is 17.9 Å². The fraction of sp³-hybridized carbons (Fsp3) is 0.933. The minimum atomic E-state index is 0.155. The molecule has 2 fully saturated rings. The van der Waals surface area contributed by atoms with Crippen LogP contribution in [0.4, 0.5) is 0 Å². The fourth-order valence-corrected chi connectivity index (χ4v) is 3.51. The molecular weight excluding hydrogens is 238 g/mol. The van der Waals surface area contributed by atoms with E-state index in [4.69, 9.17) is 5.73 Å². The van der Waals surface area contributed by atoms with E-state index in [9.17, 15) is 4.79 Å². The molecule has 19 heavy (non-hydrogen) atoms. The average molecular weight is 267 g/mol. The molecule has 0 spiro atoms. The summed E-state index contributed by atoms with van der Waals surface area (Å²) in [6.45, 7) is 4.23. The summed E-state index contributed by atoms with van der Waals surface area (Å²) >= 11 is 0. The standard InChI is InChI=1S/C15H29N3O/c1-11-6-7-12(9-14(11)16)15(19)18(3)10-13-5-4-8-17(13)2/h11-14H,4-10,16H2,1-3H3. The highest BCUT2D eigenvalue weighted by molar-refractivity contribution is 5.78. The molecule has 1 saturated heterocycles. The molecule has 4 atom stereocenters. The van der Waals surface area contributed by atoms with Gasteiger partial charge in [0, 0.05) is 31.6 Å². The number of carbonyl (C=O) groups excluding carboxylic acids is 1. The number of nitrogens with zero attached hydrogens (tertiary/aromatic N) is 2. The van der Waals surface area contributed by atoms with Gasteiger partial charge in [-0.25, -0.2) is 0 Å². The van der Waals surface area contributed by atoms with E-state index in [1.54, 1.807) is 0 Å². The second-order valence-electron chi connectivity index (χ2n) is 6.65. The van der Waals surface area contributed by atoms with Crippen molar-refractivity contribution >= 4 is 5.91 Å². The zero-order valence-electron chi connectivity index (χ0n) is 12.6. The van der Waals surface area contributed by atoms with Crippen molar-refractivity contribution in [3.05, 3.63) is 0 Å². The summed E-state index contributed by atoms with van der Waals surface area (Å²) in [5, 5.41) is 0. The molecule has 4 unspecified atom stereocenters. The van der Waals surface area contributed by atoms with Crippen LogP contribution in [0.1, 0.15) is 39.0 Å². The van der Waals surface area contributed by atoms with Crippen LogP contribution in [0.2, 0.25) is 0 Å². The molecule has 4 nitrogen and oxygen atoms in total. The van der Waals surface area contributed by atoms with Gasteiger partial charge in [-0.3, -0.25) is 4.79 Å². The SMILES string of the molecule is CC1CCC(C(=O)N(C)CC2CCCN2C)CC1N. The highest BCUT2D eigenvalue weighted by atomic mass is 16.2. The van der Waals surface area contributed by atoms with Crippen LogP contribution in [0.5, 0.6) is 0 Å². The lowest BCUT2D eigenvalue weighted by atomic mass is 9.79. The number of likely N-dealkylation sites (N-methyl/N-ethyl adjacent to an activating group) is 2. The largest absolute Gasteiger partial charge is 0.344 e. The van der Waals surface area contributed by atoms with E-state index < -0.39 is 0 Å². The van der Waals surface area contributed by atoms with Crippen LogP contribution in [0.15, 0.2) is 0 Å². The molecule has 2 aliphatic rings. The monoisotopic (exact) mass is 267 g/mol. The summed E-state index contributed by atoms with van der Waals surface area (Å²) in [5.74, 6) is 1.03. The summed E-state index contributed by atoms with van der Waals surface area (Å²) in [6, 6.07) is 0.746. The molecule has 0 aromatic carbocycles. The fourth-order valence-electron chi connectivity index (χ4n) is 3.51. The summed E-state index contributed by atoms with van der Waals surface area (Å²) in [6.07, 6.45) is 5.45. The second-order valence-corrected chi connectivity index (χ2v) is 6.65. The first-order valence-electron chi connectivity index (χ1n) is 7.69. The van der Waals surface area contributed by atoms with Gasteiger partial charge in [-0.15, -0.1) is 0 Å². The van der Waals surface area contributed by atoms with E-state index in [1.807, 2.05) is 11.9 Å². The normalized spacial score (nSPS) is 36.4. The lowest BCUT2D eigenvalue weighted by Crippen LogP contribution is -2.45. The molecule has 0 aromatic rings. The van der Waals surface area contributed by atoms with Crippen LogP contribution in [0, 0.1) is 11.8 Å². The topological polar surface area (TPSA) is 49.6 Å². The van der Waals surface area contributed by atoms with Gasteiger partial charge in [-0.05, 0) is 51.6 Å². The van der Waals surface area contributed by atoms with Crippen LogP contribution in [-0.2, 0) is 4.79 Å². The van der Waals surface area contributed by atoms with Crippen LogP contribution >= 0.6 is 0 Å². The average Bonchev–Trinajstić information content (AvgIpc) is 2.77. The van der Waals surface area contributed by atoms with E-state index in [1.165, 1.54) is 19.4 Å². The third kappa shape index (κ3) is 3.48. The van der Waals surface area contributed by atoms with E-state index in [-0.39, 0.29) is 12.0 Å². The number of likely N-dealkylation sites (tertiary alicyclic amines) is 1. The van der Waals surface area contributed by atoms with Gasteiger partial charge in [-0.2, -0.15) is 0 Å². The van der Waals surface area contributed by atoms with Crippen LogP contribution in [0.25, 0.3) is 0 Å². The quantitative estimate of drug-likeness (QED) is 0.838. The molecule has 2 rings (SSSR count). The Morgan fingerprint density at radius 1 is 1.37 bits per heavy atom. The first kappa shape index (κ1) is 14.8.